The smallest absolute Gasteiger partial charge is 0.140 e. The number of nitrogens with two attached hydrogens (primary N) is 1. The Morgan fingerprint density at radius 2 is 2.26 bits per heavy atom. The van der Waals surface area contributed by atoms with E-state index in [1.54, 1.807) is 19.4 Å². The molecule has 0 unspecified atom stereocenters. The van der Waals surface area contributed by atoms with Gasteiger partial charge in [-0.3, -0.25) is 0 Å². The lowest BCUT2D eigenvalue weighted by Crippen LogP contribution is -2.05. The summed E-state index contributed by atoms with van der Waals surface area (Å²) in [6, 6.07) is 7.34. The maximum atomic E-state index is 6.17. The second-order valence-corrected chi connectivity index (χ2v) is 5.13. The number of hydrogen-bond acceptors (Lipinski definition) is 4. The van der Waals surface area contributed by atoms with E-state index in [1.165, 1.54) is 0 Å². The topological polar surface area (TPSA) is 60.2 Å². The molecule has 0 radical (unpaired) electrons. The molecule has 2 rings (SSSR count). The minimum Gasteiger partial charge on any atom is -0.496 e. The lowest BCUT2D eigenvalue weighted by atomic mass is 10.2. The Morgan fingerprint density at radius 1 is 1.47 bits per heavy atom. The summed E-state index contributed by atoms with van der Waals surface area (Å²) in [7, 11) is 1.62. The van der Waals surface area contributed by atoms with E-state index in [2.05, 4.69) is 26.2 Å². The third-order valence-electron chi connectivity index (χ3n) is 2.59. The van der Waals surface area contributed by atoms with Crippen molar-refractivity contribution in [2.75, 3.05) is 18.2 Å². The number of benzene rings is 1. The van der Waals surface area contributed by atoms with E-state index < -0.39 is 0 Å². The molecule has 0 aliphatic rings. The molecule has 100 valence electrons. The summed E-state index contributed by atoms with van der Waals surface area (Å²) in [5, 5.41) is 3.85. The summed E-state index contributed by atoms with van der Waals surface area (Å²) < 4.78 is 6.09. The number of aromatic nitrogens is 1. The molecule has 2 aromatic rings. The minimum absolute atomic E-state index is 0.512. The zero-order valence-corrected chi connectivity index (χ0v) is 12.6. The van der Waals surface area contributed by atoms with E-state index in [-0.39, 0.29) is 0 Å². The number of nitrogens with zero attached hydrogens (tertiary/aromatic N) is 1. The summed E-state index contributed by atoms with van der Waals surface area (Å²) in [6.07, 6.45) is 1.59. The van der Waals surface area contributed by atoms with Crippen LogP contribution in [-0.4, -0.2) is 12.1 Å². The molecule has 0 fully saturated rings. The van der Waals surface area contributed by atoms with Gasteiger partial charge in [0.1, 0.15) is 11.6 Å². The van der Waals surface area contributed by atoms with Crippen molar-refractivity contribution in [2.45, 2.75) is 6.54 Å². The Labute approximate surface area is 125 Å². The second kappa shape index (κ2) is 6.12. The van der Waals surface area contributed by atoms with Gasteiger partial charge in [-0.2, -0.15) is 0 Å². The molecule has 1 heterocycles. The molecule has 0 amide bonds. The second-order valence-electron chi connectivity index (χ2n) is 3.87. The zero-order valence-electron chi connectivity index (χ0n) is 10.3. The number of methoxy groups -OCH3 is 1. The van der Waals surface area contributed by atoms with Crippen LogP contribution in [0.15, 0.2) is 34.9 Å². The van der Waals surface area contributed by atoms with Crippen LogP contribution in [0.25, 0.3) is 0 Å². The first kappa shape index (κ1) is 14.0. The van der Waals surface area contributed by atoms with Crippen molar-refractivity contribution >= 4 is 39.0 Å². The number of nitrogens with one attached hydrogen (secondary N) is 1. The van der Waals surface area contributed by atoms with Gasteiger partial charge in [0.2, 0.25) is 0 Å². The lowest BCUT2D eigenvalue weighted by molar-refractivity contribution is 0.410. The molecule has 19 heavy (non-hydrogen) atoms. The first-order valence-corrected chi connectivity index (χ1v) is 6.75. The van der Waals surface area contributed by atoms with E-state index in [0.29, 0.717) is 23.1 Å². The monoisotopic (exact) mass is 341 g/mol. The van der Waals surface area contributed by atoms with Gasteiger partial charge in [0.25, 0.3) is 0 Å². The highest BCUT2D eigenvalue weighted by Crippen LogP contribution is 2.28. The third kappa shape index (κ3) is 3.30. The maximum Gasteiger partial charge on any atom is 0.140 e. The summed E-state index contributed by atoms with van der Waals surface area (Å²) in [4.78, 5) is 4.21. The highest BCUT2D eigenvalue weighted by atomic mass is 79.9. The van der Waals surface area contributed by atoms with Crippen molar-refractivity contribution in [3.05, 3.63) is 45.5 Å². The van der Waals surface area contributed by atoms with Crippen LogP contribution in [0, 0.1) is 0 Å². The molecule has 0 saturated heterocycles. The average Bonchev–Trinajstić information content (AvgIpc) is 2.39. The summed E-state index contributed by atoms with van der Waals surface area (Å²) in [5.41, 5.74) is 7.13. The van der Waals surface area contributed by atoms with Gasteiger partial charge in [-0.15, -0.1) is 0 Å². The molecule has 0 aliphatic carbocycles. The van der Waals surface area contributed by atoms with Gasteiger partial charge in [-0.25, -0.2) is 4.98 Å². The fraction of sp³-hybridized carbons (Fsp3) is 0.154. The first-order chi connectivity index (χ1) is 9.11. The third-order valence-corrected chi connectivity index (χ3v) is 3.55. The van der Waals surface area contributed by atoms with Crippen molar-refractivity contribution in [1.82, 2.24) is 4.98 Å². The minimum atomic E-state index is 0.512. The van der Waals surface area contributed by atoms with E-state index in [4.69, 9.17) is 22.1 Å². The van der Waals surface area contributed by atoms with E-state index >= 15 is 0 Å². The molecular formula is C13H13BrClN3O. The molecule has 1 aromatic heterocycles. The van der Waals surface area contributed by atoms with Crippen molar-refractivity contribution in [3.63, 3.8) is 0 Å². The van der Waals surface area contributed by atoms with E-state index in [1.807, 2.05) is 18.2 Å². The van der Waals surface area contributed by atoms with Crippen molar-refractivity contribution in [3.8, 4) is 5.75 Å². The molecule has 1 aromatic carbocycles. The summed E-state index contributed by atoms with van der Waals surface area (Å²) in [5.74, 6) is 1.45. The van der Waals surface area contributed by atoms with Crippen molar-refractivity contribution in [1.29, 1.82) is 0 Å². The zero-order chi connectivity index (χ0) is 13.8. The molecule has 0 spiro atoms. The number of anilines is 2. The normalized spacial score (nSPS) is 10.3. The Kier molecular flexibility index (Phi) is 4.50. The predicted octanol–water partition coefficient (Wildman–Crippen LogP) is 3.70. The van der Waals surface area contributed by atoms with Crippen molar-refractivity contribution < 1.29 is 4.74 Å². The molecule has 0 saturated carbocycles. The van der Waals surface area contributed by atoms with E-state index in [9.17, 15) is 0 Å². The highest BCUT2D eigenvalue weighted by molar-refractivity contribution is 9.10. The van der Waals surface area contributed by atoms with Gasteiger partial charge in [0.05, 0.1) is 23.5 Å². The van der Waals surface area contributed by atoms with Crippen LogP contribution in [0.2, 0.25) is 5.02 Å². The Balaban J connectivity index is 2.19. The Morgan fingerprint density at radius 3 is 2.95 bits per heavy atom. The standard InChI is InChI=1S/C13H13BrClN3O/c1-19-12-4-2-3-11(15)9(12)7-18-13-10(14)5-8(16)6-17-13/h2-6H,7,16H2,1H3,(H,17,18). The van der Waals surface area contributed by atoms with Crippen LogP contribution >= 0.6 is 27.5 Å². The van der Waals surface area contributed by atoms with Gasteiger partial charge >= 0.3 is 0 Å². The molecule has 0 bridgehead atoms. The van der Waals surface area contributed by atoms with Crippen LogP contribution in [0.4, 0.5) is 11.5 Å². The number of halogens is 2. The van der Waals surface area contributed by atoms with Gasteiger partial charge in [0.15, 0.2) is 0 Å². The summed E-state index contributed by atoms with van der Waals surface area (Å²) in [6.45, 7) is 0.512. The summed E-state index contributed by atoms with van der Waals surface area (Å²) >= 11 is 9.57. The van der Waals surface area contributed by atoms with Gasteiger partial charge in [-0.05, 0) is 34.1 Å². The SMILES string of the molecule is COc1cccc(Cl)c1CNc1ncc(N)cc1Br. The highest BCUT2D eigenvalue weighted by Gasteiger charge is 2.09. The van der Waals surface area contributed by atoms with Gasteiger partial charge in [0, 0.05) is 17.1 Å². The van der Waals surface area contributed by atoms with Crippen LogP contribution in [0.3, 0.4) is 0 Å². The van der Waals surface area contributed by atoms with Crippen LogP contribution in [-0.2, 0) is 6.54 Å². The maximum absolute atomic E-state index is 6.17. The molecular weight excluding hydrogens is 330 g/mol. The fourth-order valence-corrected chi connectivity index (χ4v) is 2.40. The largest absolute Gasteiger partial charge is 0.496 e. The Hall–Kier alpha value is -1.46. The molecule has 4 nitrogen and oxygen atoms in total. The number of nitrogen functional groups attached to an aromatic ring is 1. The molecule has 0 atom stereocenters. The van der Waals surface area contributed by atoms with E-state index in [0.717, 1.165) is 15.8 Å². The van der Waals surface area contributed by atoms with Crippen LogP contribution in [0.1, 0.15) is 5.56 Å². The van der Waals surface area contributed by atoms with Crippen molar-refractivity contribution in [2.24, 2.45) is 0 Å². The number of ether oxygens (including phenoxy) is 1. The van der Waals surface area contributed by atoms with Gasteiger partial charge in [-0.1, -0.05) is 17.7 Å². The molecule has 0 aliphatic heterocycles. The Bertz CT molecular complexity index is 592. The lowest BCUT2D eigenvalue weighted by Gasteiger charge is -2.12. The van der Waals surface area contributed by atoms with Crippen LogP contribution in [0.5, 0.6) is 5.75 Å². The molecule has 6 heteroatoms. The number of hydrogen-bond donors (Lipinski definition) is 2. The first-order valence-electron chi connectivity index (χ1n) is 5.58. The predicted molar refractivity (Wildman–Crippen MR) is 81.7 cm³/mol. The quantitative estimate of drug-likeness (QED) is 0.889. The average molecular weight is 343 g/mol. The number of rotatable bonds is 4. The molecule has 3 N–H and O–H groups in total. The fourth-order valence-electron chi connectivity index (χ4n) is 1.66. The van der Waals surface area contributed by atoms with Gasteiger partial charge < -0.3 is 15.8 Å². The van der Waals surface area contributed by atoms with Crippen LogP contribution < -0.4 is 15.8 Å². The number of pyridine rings is 1.